The molecule has 132 valence electrons. The summed E-state index contributed by atoms with van der Waals surface area (Å²) >= 11 is 0. The zero-order valence-corrected chi connectivity index (χ0v) is 14.0. The zero-order valence-electron chi connectivity index (χ0n) is 14.0. The number of aromatic nitrogens is 1. The molecule has 0 unspecified atom stereocenters. The molecule has 0 spiro atoms. The van der Waals surface area contributed by atoms with E-state index in [0.717, 1.165) is 5.56 Å². The molecule has 27 heavy (non-hydrogen) atoms. The summed E-state index contributed by atoms with van der Waals surface area (Å²) in [4.78, 5) is 16.9. The summed E-state index contributed by atoms with van der Waals surface area (Å²) < 4.78 is 21.8. The highest BCUT2D eigenvalue weighted by molar-refractivity contribution is 5.92. The van der Waals surface area contributed by atoms with E-state index in [1.165, 1.54) is 0 Å². The van der Waals surface area contributed by atoms with E-state index in [1.54, 1.807) is 36.4 Å². The lowest BCUT2D eigenvalue weighted by Gasteiger charge is -2.04. The number of esters is 1. The normalized spacial score (nSPS) is 12.3. The van der Waals surface area contributed by atoms with Crippen molar-refractivity contribution in [1.82, 2.24) is 4.98 Å². The Balaban J connectivity index is 1.41. The molecule has 0 bridgehead atoms. The highest BCUT2D eigenvalue weighted by atomic mass is 16.7. The number of rotatable bonds is 3. The van der Waals surface area contributed by atoms with E-state index < -0.39 is 5.97 Å². The SMILES string of the molecule is O=C(Oc1ccc2nc(-c3ccccc3)oc2c1)c1ccc2c(c1)OCO2. The van der Waals surface area contributed by atoms with Crippen molar-refractivity contribution in [3.05, 3.63) is 72.3 Å². The number of hydrogen-bond acceptors (Lipinski definition) is 6. The first-order valence-electron chi connectivity index (χ1n) is 8.34. The highest BCUT2D eigenvalue weighted by Crippen LogP contribution is 2.33. The Morgan fingerprint density at radius 3 is 2.67 bits per heavy atom. The van der Waals surface area contributed by atoms with Gasteiger partial charge in [0.1, 0.15) is 11.3 Å². The van der Waals surface area contributed by atoms with Crippen LogP contribution in [0.5, 0.6) is 17.2 Å². The van der Waals surface area contributed by atoms with Crippen molar-refractivity contribution in [2.24, 2.45) is 0 Å². The van der Waals surface area contributed by atoms with Gasteiger partial charge in [-0.25, -0.2) is 9.78 Å². The van der Waals surface area contributed by atoms with Crippen molar-refractivity contribution in [2.75, 3.05) is 6.79 Å². The number of ether oxygens (including phenoxy) is 3. The third kappa shape index (κ3) is 2.87. The monoisotopic (exact) mass is 359 g/mol. The molecule has 2 heterocycles. The van der Waals surface area contributed by atoms with Crippen LogP contribution in [0, 0.1) is 0 Å². The number of carbonyl (C=O) groups excluding carboxylic acids is 1. The third-order valence-corrected chi connectivity index (χ3v) is 4.20. The van der Waals surface area contributed by atoms with Gasteiger partial charge in [0.05, 0.1) is 5.56 Å². The topological polar surface area (TPSA) is 70.8 Å². The summed E-state index contributed by atoms with van der Waals surface area (Å²) in [5.74, 6) is 1.55. The minimum Gasteiger partial charge on any atom is -0.454 e. The maximum absolute atomic E-state index is 12.4. The highest BCUT2D eigenvalue weighted by Gasteiger charge is 2.18. The van der Waals surface area contributed by atoms with E-state index in [-0.39, 0.29) is 6.79 Å². The van der Waals surface area contributed by atoms with Crippen molar-refractivity contribution in [3.63, 3.8) is 0 Å². The number of benzene rings is 3. The smallest absolute Gasteiger partial charge is 0.343 e. The van der Waals surface area contributed by atoms with Crippen LogP contribution in [0.25, 0.3) is 22.6 Å². The van der Waals surface area contributed by atoms with E-state index in [0.29, 0.717) is 39.8 Å². The molecule has 0 fully saturated rings. The van der Waals surface area contributed by atoms with Crippen LogP contribution in [0.1, 0.15) is 10.4 Å². The first kappa shape index (κ1) is 15.5. The summed E-state index contributed by atoms with van der Waals surface area (Å²) in [7, 11) is 0. The van der Waals surface area contributed by atoms with Crippen LogP contribution >= 0.6 is 0 Å². The number of nitrogens with zero attached hydrogens (tertiary/aromatic N) is 1. The molecule has 4 aromatic rings. The van der Waals surface area contributed by atoms with E-state index in [1.807, 2.05) is 30.3 Å². The summed E-state index contributed by atoms with van der Waals surface area (Å²) in [5, 5.41) is 0. The molecule has 0 saturated carbocycles. The lowest BCUT2D eigenvalue weighted by molar-refractivity contribution is 0.0734. The Labute approximate surface area is 153 Å². The molecule has 0 amide bonds. The Morgan fingerprint density at radius 2 is 1.78 bits per heavy atom. The summed E-state index contributed by atoms with van der Waals surface area (Å²) in [6.07, 6.45) is 0. The fourth-order valence-electron chi connectivity index (χ4n) is 2.86. The number of hydrogen-bond donors (Lipinski definition) is 0. The Morgan fingerprint density at radius 1 is 0.926 bits per heavy atom. The fourth-order valence-corrected chi connectivity index (χ4v) is 2.86. The Bertz CT molecular complexity index is 1150. The molecule has 1 aliphatic rings. The predicted molar refractivity (Wildman–Crippen MR) is 97.0 cm³/mol. The van der Waals surface area contributed by atoms with Gasteiger partial charge in [0, 0.05) is 11.6 Å². The molecular weight excluding hydrogens is 346 g/mol. The van der Waals surface area contributed by atoms with Crippen LogP contribution in [0.2, 0.25) is 0 Å². The number of oxazole rings is 1. The zero-order chi connectivity index (χ0) is 18.2. The van der Waals surface area contributed by atoms with Crippen LogP contribution in [-0.2, 0) is 0 Å². The largest absolute Gasteiger partial charge is 0.454 e. The molecule has 5 rings (SSSR count). The first-order valence-corrected chi connectivity index (χ1v) is 8.34. The van der Waals surface area contributed by atoms with Crippen molar-refractivity contribution >= 4 is 17.1 Å². The molecule has 1 aromatic heterocycles. The molecule has 1 aliphatic heterocycles. The van der Waals surface area contributed by atoms with Gasteiger partial charge in [-0.3, -0.25) is 0 Å². The molecule has 6 heteroatoms. The fraction of sp³-hybridized carbons (Fsp3) is 0.0476. The van der Waals surface area contributed by atoms with Crippen LogP contribution in [0.15, 0.2) is 71.1 Å². The van der Waals surface area contributed by atoms with Crippen molar-refractivity contribution in [1.29, 1.82) is 0 Å². The van der Waals surface area contributed by atoms with Crippen molar-refractivity contribution in [3.8, 4) is 28.7 Å². The quantitative estimate of drug-likeness (QED) is 0.398. The van der Waals surface area contributed by atoms with Crippen LogP contribution in [-0.4, -0.2) is 17.7 Å². The predicted octanol–water partition coefficient (Wildman–Crippen LogP) is 4.44. The molecule has 0 radical (unpaired) electrons. The van der Waals surface area contributed by atoms with Gasteiger partial charge < -0.3 is 18.6 Å². The van der Waals surface area contributed by atoms with Gasteiger partial charge in [-0.15, -0.1) is 0 Å². The van der Waals surface area contributed by atoms with E-state index in [2.05, 4.69) is 4.98 Å². The van der Waals surface area contributed by atoms with Gasteiger partial charge in [0.2, 0.25) is 12.7 Å². The summed E-state index contributed by atoms with van der Waals surface area (Å²) in [5.41, 5.74) is 2.50. The van der Waals surface area contributed by atoms with E-state index in [9.17, 15) is 4.79 Å². The van der Waals surface area contributed by atoms with E-state index in [4.69, 9.17) is 18.6 Å². The van der Waals surface area contributed by atoms with Crippen LogP contribution in [0.3, 0.4) is 0 Å². The molecule has 0 N–H and O–H groups in total. The maximum atomic E-state index is 12.4. The van der Waals surface area contributed by atoms with Crippen LogP contribution < -0.4 is 14.2 Å². The van der Waals surface area contributed by atoms with Gasteiger partial charge in [0.25, 0.3) is 0 Å². The average molecular weight is 359 g/mol. The summed E-state index contributed by atoms with van der Waals surface area (Å²) in [6, 6.07) is 19.6. The molecule has 6 nitrogen and oxygen atoms in total. The van der Waals surface area contributed by atoms with Gasteiger partial charge in [-0.2, -0.15) is 0 Å². The van der Waals surface area contributed by atoms with Crippen LogP contribution in [0.4, 0.5) is 0 Å². The second kappa shape index (κ2) is 6.17. The standard InChI is InChI=1S/C21H13NO5/c23-21(14-6-9-17-19(10-14)25-12-24-17)26-15-7-8-16-18(11-15)27-20(22-16)13-4-2-1-3-5-13/h1-11H,12H2. The minimum atomic E-state index is -0.490. The van der Waals surface area contributed by atoms with Crippen molar-refractivity contribution in [2.45, 2.75) is 0 Å². The van der Waals surface area contributed by atoms with Gasteiger partial charge in [-0.05, 0) is 42.5 Å². The first-order chi connectivity index (χ1) is 13.3. The average Bonchev–Trinajstić information content (AvgIpc) is 3.34. The lowest BCUT2D eigenvalue weighted by Crippen LogP contribution is -2.08. The Hall–Kier alpha value is -3.80. The molecule has 0 saturated heterocycles. The Kier molecular flexibility index (Phi) is 3.53. The van der Waals surface area contributed by atoms with Crippen molar-refractivity contribution < 1.29 is 23.4 Å². The summed E-state index contributed by atoms with van der Waals surface area (Å²) in [6.45, 7) is 0.153. The lowest BCUT2D eigenvalue weighted by atomic mass is 10.2. The van der Waals surface area contributed by atoms with Gasteiger partial charge >= 0.3 is 5.97 Å². The number of carbonyl (C=O) groups is 1. The van der Waals surface area contributed by atoms with E-state index >= 15 is 0 Å². The molecule has 3 aromatic carbocycles. The molecular formula is C21H13NO5. The molecule has 0 atom stereocenters. The second-order valence-electron chi connectivity index (χ2n) is 5.97. The molecule has 0 aliphatic carbocycles. The number of fused-ring (bicyclic) bond motifs is 2. The third-order valence-electron chi connectivity index (χ3n) is 4.20. The maximum Gasteiger partial charge on any atom is 0.343 e. The second-order valence-corrected chi connectivity index (χ2v) is 5.97. The van der Waals surface area contributed by atoms with Gasteiger partial charge in [-0.1, -0.05) is 18.2 Å². The van der Waals surface area contributed by atoms with Gasteiger partial charge in [0.15, 0.2) is 17.1 Å². The minimum absolute atomic E-state index is 0.153.